The van der Waals surface area contributed by atoms with E-state index in [-0.39, 0.29) is 11.7 Å². The van der Waals surface area contributed by atoms with Crippen molar-refractivity contribution in [1.82, 2.24) is 9.38 Å². The Balaban J connectivity index is 1.66. The summed E-state index contributed by atoms with van der Waals surface area (Å²) in [5, 5.41) is 2.73. The smallest absolute Gasteiger partial charge is 0.267 e. The van der Waals surface area contributed by atoms with Gasteiger partial charge in [-0.05, 0) is 25.1 Å². The molecular formula is C19H14FN3OS. The topological polar surface area (TPSA) is 46.4 Å². The molecule has 0 spiro atoms. The van der Waals surface area contributed by atoms with Gasteiger partial charge < -0.3 is 5.32 Å². The summed E-state index contributed by atoms with van der Waals surface area (Å²) in [5.41, 5.74) is 3.14. The zero-order chi connectivity index (χ0) is 17.4. The van der Waals surface area contributed by atoms with Crippen LogP contribution < -0.4 is 5.32 Å². The van der Waals surface area contributed by atoms with Crippen molar-refractivity contribution in [2.24, 2.45) is 0 Å². The van der Waals surface area contributed by atoms with Gasteiger partial charge in [0.15, 0.2) is 4.96 Å². The van der Waals surface area contributed by atoms with Gasteiger partial charge >= 0.3 is 0 Å². The number of thiazole rings is 1. The third kappa shape index (κ3) is 2.92. The number of rotatable bonds is 3. The van der Waals surface area contributed by atoms with Crippen molar-refractivity contribution in [3.8, 4) is 11.3 Å². The van der Waals surface area contributed by atoms with Gasteiger partial charge in [0.05, 0.1) is 5.69 Å². The first kappa shape index (κ1) is 15.5. The Morgan fingerprint density at radius 3 is 2.68 bits per heavy atom. The molecule has 0 unspecified atom stereocenters. The minimum Gasteiger partial charge on any atom is -0.321 e. The lowest BCUT2D eigenvalue weighted by Gasteiger charge is -2.04. The number of aryl methyl sites for hydroxylation is 1. The van der Waals surface area contributed by atoms with E-state index < -0.39 is 0 Å². The lowest BCUT2D eigenvalue weighted by molar-refractivity contribution is 0.102. The first-order valence-corrected chi connectivity index (χ1v) is 8.54. The molecule has 0 radical (unpaired) electrons. The van der Waals surface area contributed by atoms with E-state index >= 15 is 0 Å². The molecule has 2 heterocycles. The lowest BCUT2D eigenvalue weighted by Crippen LogP contribution is -2.12. The number of nitrogens with one attached hydrogen (secondary N) is 1. The molecule has 0 saturated heterocycles. The Bertz CT molecular complexity index is 1070. The highest BCUT2D eigenvalue weighted by Crippen LogP contribution is 2.27. The van der Waals surface area contributed by atoms with Gasteiger partial charge in [-0.15, -0.1) is 0 Å². The highest BCUT2D eigenvalue weighted by Gasteiger charge is 2.18. The van der Waals surface area contributed by atoms with E-state index in [4.69, 9.17) is 0 Å². The van der Waals surface area contributed by atoms with Crippen LogP contribution in [0.15, 0.2) is 60.8 Å². The number of hydrogen-bond donors (Lipinski definition) is 1. The van der Waals surface area contributed by atoms with Crippen LogP contribution in [0.2, 0.25) is 0 Å². The Kier molecular flexibility index (Phi) is 3.82. The predicted octanol–water partition coefficient (Wildman–Crippen LogP) is 4.76. The molecule has 0 aliphatic rings. The van der Waals surface area contributed by atoms with Crippen molar-refractivity contribution < 1.29 is 9.18 Å². The summed E-state index contributed by atoms with van der Waals surface area (Å²) in [6, 6.07) is 15.7. The molecule has 0 aliphatic carbocycles. The standard InChI is InChI=1S/C19H14FN3OS/c1-12-17(18(24)21-15-9-5-8-14(20)10-15)25-19-22-16(11-23(12)19)13-6-3-2-4-7-13/h2-11H,1H3,(H,21,24). The Labute approximate surface area is 147 Å². The van der Waals surface area contributed by atoms with Crippen LogP contribution in [0.1, 0.15) is 15.4 Å². The second-order valence-corrected chi connectivity index (χ2v) is 6.60. The number of fused-ring (bicyclic) bond motifs is 1. The first-order valence-electron chi connectivity index (χ1n) is 7.72. The summed E-state index contributed by atoms with van der Waals surface area (Å²) < 4.78 is 15.2. The fourth-order valence-corrected chi connectivity index (χ4v) is 3.67. The van der Waals surface area contributed by atoms with Crippen LogP contribution in [0.25, 0.3) is 16.2 Å². The SMILES string of the molecule is Cc1c(C(=O)Nc2cccc(F)c2)sc2nc(-c3ccccc3)cn12. The van der Waals surface area contributed by atoms with E-state index in [0.29, 0.717) is 10.6 Å². The quantitative estimate of drug-likeness (QED) is 0.578. The van der Waals surface area contributed by atoms with Gasteiger partial charge in [-0.2, -0.15) is 0 Å². The molecule has 0 fully saturated rings. The lowest BCUT2D eigenvalue weighted by atomic mass is 10.2. The Morgan fingerprint density at radius 2 is 1.96 bits per heavy atom. The summed E-state index contributed by atoms with van der Waals surface area (Å²) >= 11 is 1.32. The van der Waals surface area contributed by atoms with Gasteiger partial charge in [-0.1, -0.05) is 47.7 Å². The molecule has 25 heavy (non-hydrogen) atoms. The minimum absolute atomic E-state index is 0.264. The number of imidazole rings is 1. The Hall–Kier alpha value is -2.99. The minimum atomic E-state index is -0.386. The summed E-state index contributed by atoms with van der Waals surface area (Å²) in [6.45, 7) is 1.88. The number of carbonyl (C=O) groups is 1. The second-order valence-electron chi connectivity index (χ2n) is 5.63. The number of hydrogen-bond acceptors (Lipinski definition) is 3. The van der Waals surface area contributed by atoms with Gasteiger partial charge in [0, 0.05) is 23.1 Å². The number of amides is 1. The molecule has 2 aromatic carbocycles. The predicted molar refractivity (Wildman–Crippen MR) is 97.6 cm³/mol. The number of anilines is 1. The molecule has 6 heteroatoms. The van der Waals surface area contributed by atoms with Gasteiger partial charge in [0.25, 0.3) is 5.91 Å². The number of aromatic nitrogens is 2. The van der Waals surface area contributed by atoms with Crippen molar-refractivity contribution in [3.05, 3.63) is 77.2 Å². The van der Waals surface area contributed by atoms with Gasteiger partial charge in [-0.25, -0.2) is 9.37 Å². The van der Waals surface area contributed by atoms with Crippen molar-refractivity contribution in [3.63, 3.8) is 0 Å². The summed E-state index contributed by atoms with van der Waals surface area (Å²) in [7, 11) is 0. The van der Waals surface area contributed by atoms with Crippen LogP contribution >= 0.6 is 11.3 Å². The highest BCUT2D eigenvalue weighted by atomic mass is 32.1. The molecule has 1 amide bonds. The zero-order valence-corrected chi connectivity index (χ0v) is 14.2. The van der Waals surface area contributed by atoms with Crippen LogP contribution in [0.4, 0.5) is 10.1 Å². The van der Waals surface area contributed by atoms with Crippen LogP contribution in [-0.2, 0) is 0 Å². The van der Waals surface area contributed by atoms with E-state index in [2.05, 4.69) is 10.3 Å². The molecular weight excluding hydrogens is 337 g/mol. The molecule has 0 bridgehead atoms. The van der Waals surface area contributed by atoms with Crippen molar-refractivity contribution >= 4 is 27.9 Å². The van der Waals surface area contributed by atoms with Crippen LogP contribution in [0.5, 0.6) is 0 Å². The monoisotopic (exact) mass is 351 g/mol. The van der Waals surface area contributed by atoms with Crippen LogP contribution in [0.3, 0.4) is 0 Å². The maximum atomic E-state index is 13.3. The molecule has 124 valence electrons. The molecule has 1 N–H and O–H groups in total. The largest absolute Gasteiger partial charge is 0.321 e. The maximum absolute atomic E-state index is 13.3. The maximum Gasteiger partial charge on any atom is 0.267 e. The van der Waals surface area contributed by atoms with Crippen LogP contribution in [0, 0.1) is 12.7 Å². The van der Waals surface area contributed by atoms with Gasteiger partial charge in [0.2, 0.25) is 0 Å². The average Bonchev–Trinajstić information content (AvgIpc) is 3.15. The summed E-state index contributed by atoms with van der Waals surface area (Å²) in [5.74, 6) is -0.650. The summed E-state index contributed by atoms with van der Waals surface area (Å²) in [4.78, 5) is 18.4. The fourth-order valence-electron chi connectivity index (χ4n) is 2.66. The van der Waals surface area contributed by atoms with E-state index in [1.54, 1.807) is 12.1 Å². The van der Waals surface area contributed by atoms with E-state index in [9.17, 15) is 9.18 Å². The third-order valence-electron chi connectivity index (χ3n) is 3.92. The second kappa shape index (κ2) is 6.14. The normalized spacial score (nSPS) is 11.0. The van der Waals surface area contributed by atoms with Gasteiger partial charge in [0.1, 0.15) is 10.7 Å². The zero-order valence-electron chi connectivity index (χ0n) is 13.4. The highest BCUT2D eigenvalue weighted by molar-refractivity contribution is 7.19. The van der Waals surface area contributed by atoms with E-state index in [1.807, 2.05) is 47.9 Å². The van der Waals surface area contributed by atoms with Crippen molar-refractivity contribution in [2.75, 3.05) is 5.32 Å². The number of nitrogens with zero attached hydrogens (tertiary/aromatic N) is 2. The number of halogens is 1. The van der Waals surface area contributed by atoms with E-state index in [1.165, 1.54) is 23.5 Å². The molecule has 0 saturated carbocycles. The van der Waals surface area contributed by atoms with Crippen molar-refractivity contribution in [2.45, 2.75) is 6.92 Å². The molecule has 4 aromatic rings. The fraction of sp³-hybridized carbons (Fsp3) is 0.0526. The third-order valence-corrected chi connectivity index (χ3v) is 5.07. The Morgan fingerprint density at radius 1 is 1.16 bits per heavy atom. The number of benzene rings is 2. The molecule has 4 rings (SSSR count). The average molecular weight is 351 g/mol. The molecule has 4 nitrogen and oxygen atoms in total. The van der Waals surface area contributed by atoms with Crippen LogP contribution in [-0.4, -0.2) is 15.3 Å². The van der Waals surface area contributed by atoms with E-state index in [0.717, 1.165) is 21.9 Å². The van der Waals surface area contributed by atoms with Gasteiger partial charge in [-0.3, -0.25) is 9.20 Å². The first-order chi connectivity index (χ1) is 12.1. The molecule has 0 atom stereocenters. The number of carbonyl (C=O) groups excluding carboxylic acids is 1. The molecule has 0 aliphatic heterocycles. The summed E-state index contributed by atoms with van der Waals surface area (Å²) in [6.07, 6.45) is 1.93. The molecule has 2 aromatic heterocycles. The van der Waals surface area contributed by atoms with Crippen molar-refractivity contribution in [1.29, 1.82) is 0 Å².